The number of halogens is 1. The van der Waals surface area contributed by atoms with Crippen LogP contribution >= 0.6 is 27.7 Å². The van der Waals surface area contributed by atoms with Crippen molar-refractivity contribution in [1.82, 2.24) is 9.88 Å². The fraction of sp³-hybridized carbons (Fsp3) is 0.500. The number of thioether (sulfide) groups is 1. The van der Waals surface area contributed by atoms with Crippen LogP contribution in [0.2, 0.25) is 0 Å². The quantitative estimate of drug-likeness (QED) is 0.747. The minimum absolute atomic E-state index is 0.0986. The van der Waals surface area contributed by atoms with E-state index in [1.165, 1.54) is 0 Å². The number of carbonyl (C=O) groups excluding carboxylic acids is 1. The average Bonchev–Trinajstić information content (AvgIpc) is 2.26. The number of carbonyl (C=O) groups is 1. The third-order valence-corrected chi connectivity index (χ3v) is 4.42. The van der Waals surface area contributed by atoms with E-state index in [4.69, 9.17) is 0 Å². The maximum absolute atomic E-state index is 12.3. The van der Waals surface area contributed by atoms with Crippen LogP contribution in [0, 0.1) is 0 Å². The van der Waals surface area contributed by atoms with Crippen molar-refractivity contribution in [1.29, 1.82) is 0 Å². The Morgan fingerprint density at radius 3 is 3.00 bits per heavy atom. The highest BCUT2D eigenvalue weighted by Crippen LogP contribution is 2.30. The van der Waals surface area contributed by atoms with Gasteiger partial charge in [0.1, 0.15) is 4.60 Å². The maximum atomic E-state index is 12.3. The van der Waals surface area contributed by atoms with Gasteiger partial charge in [-0.05, 0) is 41.9 Å². The number of rotatable bonds is 1. The highest BCUT2D eigenvalue weighted by molar-refractivity contribution is 9.10. The summed E-state index contributed by atoms with van der Waals surface area (Å²) in [6, 6.07) is 3.54. The predicted octanol–water partition coefficient (Wildman–Crippen LogP) is 2.81. The van der Waals surface area contributed by atoms with Gasteiger partial charge in [-0.25, -0.2) is 4.98 Å². The number of pyridine rings is 1. The van der Waals surface area contributed by atoms with Gasteiger partial charge in [-0.1, -0.05) is 0 Å². The molecule has 0 aromatic carbocycles. The van der Waals surface area contributed by atoms with Crippen molar-refractivity contribution in [2.45, 2.75) is 18.6 Å². The van der Waals surface area contributed by atoms with Crippen LogP contribution in [0.25, 0.3) is 0 Å². The topological polar surface area (TPSA) is 33.2 Å². The Labute approximate surface area is 114 Å². The van der Waals surface area contributed by atoms with Crippen molar-refractivity contribution >= 4 is 33.6 Å². The van der Waals surface area contributed by atoms with Gasteiger partial charge in [-0.15, -0.1) is 0 Å². The SMILES string of the molecule is CC1(C)CN(C(=O)c2ccnc(Br)c2)CCS1. The third-order valence-electron chi connectivity index (χ3n) is 2.69. The first-order chi connectivity index (χ1) is 7.98. The van der Waals surface area contributed by atoms with Gasteiger partial charge in [0.15, 0.2) is 0 Å². The van der Waals surface area contributed by atoms with Crippen molar-refractivity contribution < 1.29 is 4.79 Å². The summed E-state index contributed by atoms with van der Waals surface area (Å²) < 4.78 is 0.854. The molecule has 1 aromatic rings. The van der Waals surface area contributed by atoms with Crippen LogP contribution in [0.15, 0.2) is 22.9 Å². The lowest BCUT2D eigenvalue weighted by Gasteiger charge is -2.37. The second-order valence-corrected chi connectivity index (χ2v) is 7.32. The summed E-state index contributed by atoms with van der Waals surface area (Å²) in [4.78, 5) is 18.3. The zero-order valence-corrected chi connectivity index (χ0v) is 12.3. The highest BCUT2D eigenvalue weighted by atomic mass is 79.9. The number of hydrogen-bond donors (Lipinski definition) is 0. The summed E-state index contributed by atoms with van der Waals surface area (Å²) >= 11 is 5.22. The van der Waals surface area contributed by atoms with Crippen LogP contribution in [0.5, 0.6) is 0 Å². The van der Waals surface area contributed by atoms with E-state index in [0.29, 0.717) is 10.2 Å². The van der Waals surface area contributed by atoms with Crippen molar-refractivity contribution in [3.8, 4) is 0 Å². The third kappa shape index (κ3) is 3.22. The molecule has 1 aliphatic rings. The summed E-state index contributed by atoms with van der Waals surface area (Å²) in [6.07, 6.45) is 1.65. The van der Waals surface area contributed by atoms with Crippen LogP contribution in [-0.2, 0) is 0 Å². The summed E-state index contributed by atoms with van der Waals surface area (Å²) in [7, 11) is 0. The fourth-order valence-electron chi connectivity index (χ4n) is 1.91. The lowest BCUT2D eigenvalue weighted by molar-refractivity contribution is 0.0748. The standard InChI is InChI=1S/C12H15BrN2OS/c1-12(2)8-15(5-6-17-12)11(16)9-3-4-14-10(13)7-9/h3-4,7H,5-6,8H2,1-2H3. The van der Waals surface area contributed by atoms with E-state index in [1.54, 1.807) is 18.3 Å². The molecule has 0 spiro atoms. The van der Waals surface area contributed by atoms with Gasteiger partial charge in [0, 0.05) is 35.3 Å². The zero-order chi connectivity index (χ0) is 12.5. The fourth-order valence-corrected chi connectivity index (χ4v) is 3.38. The molecule has 92 valence electrons. The Bertz CT molecular complexity index is 436. The molecule has 0 radical (unpaired) electrons. The largest absolute Gasteiger partial charge is 0.336 e. The van der Waals surface area contributed by atoms with Crippen LogP contribution in [0.1, 0.15) is 24.2 Å². The molecule has 5 heteroatoms. The van der Waals surface area contributed by atoms with E-state index in [1.807, 2.05) is 16.7 Å². The van der Waals surface area contributed by atoms with Gasteiger partial charge >= 0.3 is 0 Å². The van der Waals surface area contributed by atoms with Crippen molar-refractivity contribution in [2.75, 3.05) is 18.8 Å². The molecular weight excluding hydrogens is 300 g/mol. The molecule has 0 N–H and O–H groups in total. The predicted molar refractivity (Wildman–Crippen MR) is 74.4 cm³/mol. The Balaban J connectivity index is 2.15. The van der Waals surface area contributed by atoms with Crippen LogP contribution in [-0.4, -0.2) is 39.4 Å². The molecule has 3 nitrogen and oxygen atoms in total. The molecule has 1 aliphatic heterocycles. The Morgan fingerprint density at radius 1 is 1.59 bits per heavy atom. The smallest absolute Gasteiger partial charge is 0.254 e. The number of aromatic nitrogens is 1. The molecule has 0 bridgehead atoms. The number of amides is 1. The molecule has 2 rings (SSSR count). The van der Waals surface area contributed by atoms with E-state index in [-0.39, 0.29) is 10.7 Å². The normalized spacial score (nSPS) is 19.1. The molecule has 2 heterocycles. The molecule has 0 unspecified atom stereocenters. The molecule has 17 heavy (non-hydrogen) atoms. The van der Waals surface area contributed by atoms with Gasteiger partial charge in [0.05, 0.1) is 0 Å². The van der Waals surface area contributed by atoms with E-state index in [0.717, 1.165) is 18.8 Å². The summed E-state index contributed by atoms with van der Waals surface area (Å²) in [5.74, 6) is 1.10. The molecule has 0 saturated carbocycles. The van der Waals surface area contributed by atoms with Gasteiger partial charge in [-0.3, -0.25) is 4.79 Å². The minimum Gasteiger partial charge on any atom is -0.336 e. The summed E-state index contributed by atoms with van der Waals surface area (Å²) in [5, 5.41) is 0. The zero-order valence-electron chi connectivity index (χ0n) is 9.94. The van der Waals surface area contributed by atoms with Gasteiger partial charge in [-0.2, -0.15) is 11.8 Å². The van der Waals surface area contributed by atoms with E-state index < -0.39 is 0 Å². The first-order valence-corrected chi connectivity index (χ1v) is 7.31. The second kappa shape index (κ2) is 4.98. The van der Waals surface area contributed by atoms with E-state index in [9.17, 15) is 4.79 Å². The van der Waals surface area contributed by atoms with E-state index in [2.05, 4.69) is 34.8 Å². The molecule has 0 atom stereocenters. The molecule has 1 aromatic heterocycles. The first kappa shape index (κ1) is 12.9. The Morgan fingerprint density at radius 2 is 2.35 bits per heavy atom. The molecule has 1 fully saturated rings. The number of nitrogens with zero attached hydrogens (tertiary/aromatic N) is 2. The Kier molecular flexibility index (Phi) is 3.78. The first-order valence-electron chi connectivity index (χ1n) is 5.53. The van der Waals surface area contributed by atoms with Gasteiger partial charge in [0.2, 0.25) is 0 Å². The highest BCUT2D eigenvalue weighted by Gasteiger charge is 2.30. The average molecular weight is 315 g/mol. The van der Waals surface area contributed by atoms with Crippen molar-refractivity contribution in [3.63, 3.8) is 0 Å². The summed E-state index contributed by atoms with van der Waals surface area (Å²) in [6.45, 7) is 5.99. The van der Waals surface area contributed by atoms with Crippen LogP contribution < -0.4 is 0 Å². The molecule has 1 saturated heterocycles. The summed E-state index contributed by atoms with van der Waals surface area (Å²) in [5.41, 5.74) is 0.703. The van der Waals surface area contributed by atoms with Crippen molar-refractivity contribution in [3.05, 3.63) is 28.5 Å². The van der Waals surface area contributed by atoms with Crippen LogP contribution in [0.4, 0.5) is 0 Å². The lowest BCUT2D eigenvalue weighted by atomic mass is 10.1. The minimum atomic E-state index is 0.0986. The molecular formula is C12H15BrN2OS. The maximum Gasteiger partial charge on any atom is 0.254 e. The Hall–Kier alpha value is -0.550. The van der Waals surface area contributed by atoms with Gasteiger partial charge in [0.25, 0.3) is 5.91 Å². The van der Waals surface area contributed by atoms with Crippen molar-refractivity contribution in [2.24, 2.45) is 0 Å². The molecule has 1 amide bonds. The van der Waals surface area contributed by atoms with Gasteiger partial charge < -0.3 is 4.90 Å². The number of hydrogen-bond acceptors (Lipinski definition) is 3. The second-order valence-electron chi connectivity index (χ2n) is 4.70. The lowest BCUT2D eigenvalue weighted by Crippen LogP contribution is -2.46. The monoisotopic (exact) mass is 314 g/mol. The molecule has 0 aliphatic carbocycles. The van der Waals surface area contributed by atoms with E-state index >= 15 is 0 Å². The van der Waals surface area contributed by atoms with Crippen LogP contribution in [0.3, 0.4) is 0 Å².